The van der Waals surface area contributed by atoms with Crippen molar-refractivity contribution in [2.75, 3.05) is 26.6 Å². The summed E-state index contributed by atoms with van der Waals surface area (Å²) < 4.78 is 17.1. The highest BCUT2D eigenvalue weighted by atomic mass is 79.9. The highest BCUT2D eigenvalue weighted by Crippen LogP contribution is 2.38. The smallest absolute Gasteiger partial charge is 0.203 e. The number of anilines is 1. The minimum absolute atomic E-state index is 0.603. The van der Waals surface area contributed by atoms with Crippen molar-refractivity contribution in [3.63, 3.8) is 0 Å². The maximum absolute atomic E-state index is 5.35. The molecule has 5 heteroatoms. The first-order valence-corrected chi connectivity index (χ1v) is 7.25. The third-order valence-electron chi connectivity index (χ3n) is 3.05. The normalized spacial score (nSPS) is 10.1. The molecule has 0 aliphatic carbocycles. The van der Waals surface area contributed by atoms with E-state index in [-0.39, 0.29) is 0 Å². The van der Waals surface area contributed by atoms with Gasteiger partial charge < -0.3 is 19.5 Å². The van der Waals surface area contributed by atoms with E-state index in [0.717, 1.165) is 15.7 Å². The molecule has 0 aromatic heterocycles. The zero-order valence-corrected chi connectivity index (χ0v) is 13.9. The number of halogens is 1. The SMILES string of the molecule is COc1cc(CNc2cccc(Br)c2)cc(OC)c1OC. The van der Waals surface area contributed by atoms with Crippen LogP contribution in [-0.2, 0) is 6.54 Å². The fraction of sp³-hybridized carbons (Fsp3) is 0.250. The van der Waals surface area contributed by atoms with E-state index in [1.807, 2.05) is 36.4 Å². The Morgan fingerprint density at radius 2 is 1.62 bits per heavy atom. The van der Waals surface area contributed by atoms with E-state index in [2.05, 4.69) is 21.2 Å². The Hall–Kier alpha value is -1.88. The summed E-state index contributed by atoms with van der Waals surface area (Å²) in [6, 6.07) is 11.9. The van der Waals surface area contributed by atoms with Gasteiger partial charge in [0.2, 0.25) is 5.75 Å². The largest absolute Gasteiger partial charge is 0.493 e. The van der Waals surface area contributed by atoms with Crippen LogP contribution in [0.3, 0.4) is 0 Å². The molecule has 0 amide bonds. The molecule has 0 fully saturated rings. The van der Waals surface area contributed by atoms with E-state index in [9.17, 15) is 0 Å². The number of hydrogen-bond donors (Lipinski definition) is 1. The van der Waals surface area contributed by atoms with Crippen LogP contribution in [0.2, 0.25) is 0 Å². The van der Waals surface area contributed by atoms with Crippen LogP contribution in [-0.4, -0.2) is 21.3 Å². The van der Waals surface area contributed by atoms with Crippen LogP contribution >= 0.6 is 15.9 Å². The van der Waals surface area contributed by atoms with Crippen molar-refractivity contribution in [1.29, 1.82) is 0 Å². The Labute approximate surface area is 133 Å². The summed E-state index contributed by atoms with van der Waals surface area (Å²) >= 11 is 3.46. The van der Waals surface area contributed by atoms with Gasteiger partial charge in [-0.3, -0.25) is 0 Å². The lowest BCUT2D eigenvalue weighted by Crippen LogP contribution is -2.02. The molecule has 0 atom stereocenters. The Morgan fingerprint density at radius 3 is 2.14 bits per heavy atom. The van der Waals surface area contributed by atoms with Gasteiger partial charge in [-0.2, -0.15) is 0 Å². The number of rotatable bonds is 6. The number of benzene rings is 2. The highest BCUT2D eigenvalue weighted by molar-refractivity contribution is 9.10. The fourth-order valence-electron chi connectivity index (χ4n) is 2.04. The first-order chi connectivity index (χ1) is 10.2. The molecular weight excluding hydrogens is 334 g/mol. The molecular formula is C16H18BrNO3. The molecule has 21 heavy (non-hydrogen) atoms. The van der Waals surface area contributed by atoms with Crippen molar-refractivity contribution in [1.82, 2.24) is 0 Å². The average molecular weight is 352 g/mol. The number of ether oxygens (including phenoxy) is 3. The molecule has 2 aromatic carbocycles. The molecule has 0 aliphatic heterocycles. The summed E-state index contributed by atoms with van der Waals surface area (Å²) in [6.07, 6.45) is 0. The van der Waals surface area contributed by atoms with Gasteiger partial charge in [-0.1, -0.05) is 22.0 Å². The van der Waals surface area contributed by atoms with E-state index < -0.39 is 0 Å². The first-order valence-electron chi connectivity index (χ1n) is 6.46. The number of hydrogen-bond acceptors (Lipinski definition) is 4. The molecule has 112 valence electrons. The van der Waals surface area contributed by atoms with Gasteiger partial charge in [0.1, 0.15) is 0 Å². The van der Waals surface area contributed by atoms with E-state index in [1.165, 1.54) is 0 Å². The minimum Gasteiger partial charge on any atom is -0.493 e. The van der Waals surface area contributed by atoms with Crippen LogP contribution in [0.25, 0.3) is 0 Å². The first kappa shape index (κ1) is 15.5. The summed E-state index contributed by atoms with van der Waals surface area (Å²) in [5.74, 6) is 1.91. The van der Waals surface area contributed by atoms with Crippen molar-refractivity contribution in [2.45, 2.75) is 6.54 Å². The second kappa shape index (κ2) is 7.22. The van der Waals surface area contributed by atoms with Crippen molar-refractivity contribution < 1.29 is 14.2 Å². The maximum Gasteiger partial charge on any atom is 0.203 e. The summed E-state index contributed by atoms with van der Waals surface area (Å²) in [5.41, 5.74) is 2.09. The van der Waals surface area contributed by atoms with Gasteiger partial charge in [-0.05, 0) is 35.9 Å². The van der Waals surface area contributed by atoms with Gasteiger partial charge in [0, 0.05) is 16.7 Å². The molecule has 0 unspecified atom stereocenters. The second-order valence-corrected chi connectivity index (χ2v) is 5.31. The Balaban J connectivity index is 2.20. The summed E-state index contributed by atoms with van der Waals surface area (Å²) in [4.78, 5) is 0. The lowest BCUT2D eigenvalue weighted by Gasteiger charge is -2.15. The zero-order chi connectivity index (χ0) is 15.2. The molecule has 2 aromatic rings. The van der Waals surface area contributed by atoms with Gasteiger partial charge in [0.15, 0.2) is 11.5 Å². The lowest BCUT2D eigenvalue weighted by atomic mass is 10.1. The average Bonchev–Trinajstić information content (AvgIpc) is 2.51. The molecule has 0 aliphatic rings. The van der Waals surface area contributed by atoms with Gasteiger partial charge in [0.25, 0.3) is 0 Å². The molecule has 0 saturated heterocycles. The van der Waals surface area contributed by atoms with Crippen molar-refractivity contribution in [3.05, 3.63) is 46.4 Å². The van der Waals surface area contributed by atoms with Crippen molar-refractivity contribution in [3.8, 4) is 17.2 Å². The molecule has 4 nitrogen and oxygen atoms in total. The van der Waals surface area contributed by atoms with Gasteiger partial charge >= 0.3 is 0 Å². The maximum atomic E-state index is 5.35. The Morgan fingerprint density at radius 1 is 0.952 bits per heavy atom. The summed E-state index contributed by atoms with van der Waals surface area (Å²) in [5, 5.41) is 3.36. The number of methoxy groups -OCH3 is 3. The van der Waals surface area contributed by atoms with Crippen molar-refractivity contribution in [2.24, 2.45) is 0 Å². The number of nitrogens with one attached hydrogen (secondary N) is 1. The third-order valence-corrected chi connectivity index (χ3v) is 3.54. The van der Waals surface area contributed by atoms with Gasteiger partial charge in [-0.15, -0.1) is 0 Å². The predicted molar refractivity (Wildman–Crippen MR) is 87.6 cm³/mol. The van der Waals surface area contributed by atoms with Crippen LogP contribution in [0.5, 0.6) is 17.2 Å². The quantitative estimate of drug-likeness (QED) is 0.850. The van der Waals surface area contributed by atoms with Crippen LogP contribution in [0.1, 0.15) is 5.56 Å². The topological polar surface area (TPSA) is 39.7 Å². The molecule has 0 radical (unpaired) electrons. The minimum atomic E-state index is 0.603. The van der Waals surface area contributed by atoms with Crippen LogP contribution in [0, 0.1) is 0 Å². The molecule has 0 bridgehead atoms. The Kier molecular flexibility index (Phi) is 5.33. The van der Waals surface area contributed by atoms with E-state index in [0.29, 0.717) is 23.8 Å². The highest BCUT2D eigenvalue weighted by Gasteiger charge is 2.12. The Bertz CT molecular complexity index is 591. The molecule has 0 spiro atoms. The zero-order valence-electron chi connectivity index (χ0n) is 12.3. The fourth-order valence-corrected chi connectivity index (χ4v) is 2.44. The van der Waals surface area contributed by atoms with Crippen LogP contribution < -0.4 is 19.5 Å². The summed E-state index contributed by atoms with van der Waals surface area (Å²) in [7, 11) is 4.82. The standard InChI is InChI=1S/C16H18BrNO3/c1-19-14-7-11(8-15(20-2)16(14)21-3)10-18-13-6-4-5-12(17)9-13/h4-9,18H,10H2,1-3H3. The molecule has 1 N–H and O–H groups in total. The molecule has 0 heterocycles. The van der Waals surface area contributed by atoms with Gasteiger partial charge in [0.05, 0.1) is 21.3 Å². The van der Waals surface area contributed by atoms with E-state index in [1.54, 1.807) is 21.3 Å². The van der Waals surface area contributed by atoms with E-state index in [4.69, 9.17) is 14.2 Å². The summed E-state index contributed by atoms with van der Waals surface area (Å²) in [6.45, 7) is 0.660. The third kappa shape index (κ3) is 3.82. The van der Waals surface area contributed by atoms with Crippen LogP contribution in [0.4, 0.5) is 5.69 Å². The molecule has 2 rings (SSSR count). The second-order valence-electron chi connectivity index (χ2n) is 4.40. The van der Waals surface area contributed by atoms with Crippen LogP contribution in [0.15, 0.2) is 40.9 Å². The predicted octanol–water partition coefficient (Wildman–Crippen LogP) is 4.09. The van der Waals surface area contributed by atoms with Gasteiger partial charge in [-0.25, -0.2) is 0 Å². The molecule has 0 saturated carbocycles. The lowest BCUT2D eigenvalue weighted by molar-refractivity contribution is 0.324. The van der Waals surface area contributed by atoms with E-state index >= 15 is 0 Å². The van der Waals surface area contributed by atoms with Crippen molar-refractivity contribution >= 4 is 21.6 Å². The monoisotopic (exact) mass is 351 g/mol.